The van der Waals surface area contributed by atoms with E-state index >= 15 is 0 Å². The molecule has 2 aromatic rings. The summed E-state index contributed by atoms with van der Waals surface area (Å²) in [5.41, 5.74) is 2.41. The molecule has 0 saturated carbocycles. The predicted octanol–water partition coefficient (Wildman–Crippen LogP) is 2.35. The molecule has 3 heterocycles. The second-order valence-electron chi connectivity index (χ2n) is 6.35. The Labute approximate surface area is 134 Å². The predicted molar refractivity (Wildman–Crippen MR) is 83.2 cm³/mol. The van der Waals surface area contributed by atoms with Gasteiger partial charge in [-0.2, -0.15) is 4.98 Å². The van der Waals surface area contributed by atoms with Crippen molar-refractivity contribution >= 4 is 9.84 Å². The standard InChI is InChI=1S/C16H18N2O4S/c1-10-2-4-13-11(8-10)3-5-14(21-13)16-17-15(18-22-16)12-6-7-23(19,20)9-12/h2,4,8,12,14H,3,5-7,9H2,1H3. The lowest BCUT2D eigenvalue weighted by atomic mass is 10.0. The number of aromatic nitrogens is 2. The van der Waals surface area contributed by atoms with Crippen molar-refractivity contribution in [1.29, 1.82) is 0 Å². The highest BCUT2D eigenvalue weighted by atomic mass is 32.2. The fourth-order valence-electron chi connectivity index (χ4n) is 3.23. The molecule has 2 aliphatic heterocycles. The van der Waals surface area contributed by atoms with Gasteiger partial charge < -0.3 is 9.26 Å². The van der Waals surface area contributed by atoms with Gasteiger partial charge in [0.15, 0.2) is 21.8 Å². The molecule has 0 N–H and O–H groups in total. The summed E-state index contributed by atoms with van der Waals surface area (Å²) in [6, 6.07) is 6.12. The Morgan fingerprint density at radius 3 is 2.91 bits per heavy atom. The van der Waals surface area contributed by atoms with Crippen LogP contribution in [0.4, 0.5) is 0 Å². The maximum absolute atomic E-state index is 11.6. The zero-order chi connectivity index (χ0) is 16.0. The highest BCUT2D eigenvalue weighted by Crippen LogP contribution is 2.35. The van der Waals surface area contributed by atoms with Crippen LogP contribution in [0.3, 0.4) is 0 Å². The molecule has 2 unspecified atom stereocenters. The number of rotatable bonds is 2. The number of fused-ring (bicyclic) bond motifs is 1. The number of hydrogen-bond donors (Lipinski definition) is 0. The first kappa shape index (κ1) is 14.7. The average Bonchev–Trinajstić information content (AvgIpc) is 3.13. The van der Waals surface area contributed by atoms with Crippen LogP contribution in [0.1, 0.15) is 47.7 Å². The van der Waals surface area contributed by atoms with Gasteiger partial charge in [0.25, 0.3) is 5.89 Å². The summed E-state index contributed by atoms with van der Waals surface area (Å²) in [5.74, 6) is 1.94. The second-order valence-corrected chi connectivity index (χ2v) is 8.58. The van der Waals surface area contributed by atoms with Crippen molar-refractivity contribution in [3.05, 3.63) is 41.0 Å². The van der Waals surface area contributed by atoms with Crippen molar-refractivity contribution in [2.75, 3.05) is 11.5 Å². The SMILES string of the molecule is Cc1ccc2c(c1)CCC(c1nc(C3CCS(=O)(=O)C3)no1)O2. The summed E-state index contributed by atoms with van der Waals surface area (Å²) >= 11 is 0. The van der Waals surface area contributed by atoms with Gasteiger partial charge in [-0.3, -0.25) is 0 Å². The van der Waals surface area contributed by atoms with Crippen LogP contribution in [0.15, 0.2) is 22.7 Å². The van der Waals surface area contributed by atoms with Crippen molar-refractivity contribution in [2.45, 2.75) is 38.2 Å². The largest absolute Gasteiger partial charge is 0.480 e. The lowest BCUT2D eigenvalue weighted by Gasteiger charge is -2.23. The van der Waals surface area contributed by atoms with Crippen molar-refractivity contribution in [2.24, 2.45) is 0 Å². The second kappa shape index (κ2) is 5.33. The van der Waals surface area contributed by atoms with Gasteiger partial charge in [-0.25, -0.2) is 8.42 Å². The Morgan fingerprint density at radius 1 is 1.26 bits per heavy atom. The number of nitrogens with zero attached hydrogens (tertiary/aromatic N) is 2. The lowest BCUT2D eigenvalue weighted by Crippen LogP contribution is -2.15. The van der Waals surface area contributed by atoms with E-state index in [0.717, 1.165) is 18.6 Å². The quantitative estimate of drug-likeness (QED) is 0.838. The highest BCUT2D eigenvalue weighted by molar-refractivity contribution is 7.91. The third-order valence-electron chi connectivity index (χ3n) is 4.49. The molecule has 2 atom stereocenters. The van der Waals surface area contributed by atoms with Crippen LogP contribution < -0.4 is 4.74 Å². The average molecular weight is 334 g/mol. The third-order valence-corrected chi connectivity index (χ3v) is 6.26. The van der Waals surface area contributed by atoms with Crippen LogP contribution in [-0.4, -0.2) is 30.1 Å². The molecule has 1 aromatic carbocycles. The van der Waals surface area contributed by atoms with E-state index in [2.05, 4.69) is 23.1 Å². The van der Waals surface area contributed by atoms with E-state index in [1.165, 1.54) is 11.1 Å². The molecule has 1 saturated heterocycles. The van der Waals surface area contributed by atoms with E-state index in [9.17, 15) is 8.42 Å². The Balaban J connectivity index is 1.53. The van der Waals surface area contributed by atoms with Gasteiger partial charge in [0.05, 0.1) is 11.5 Å². The Bertz CT molecular complexity index is 844. The molecule has 7 heteroatoms. The van der Waals surface area contributed by atoms with Gasteiger partial charge in [0.1, 0.15) is 5.75 Å². The van der Waals surface area contributed by atoms with E-state index < -0.39 is 9.84 Å². The van der Waals surface area contributed by atoms with Crippen LogP contribution >= 0.6 is 0 Å². The van der Waals surface area contributed by atoms with Crippen LogP contribution in [0.5, 0.6) is 5.75 Å². The Kier molecular flexibility index (Phi) is 3.41. The van der Waals surface area contributed by atoms with Gasteiger partial charge in [0.2, 0.25) is 0 Å². The molecule has 122 valence electrons. The Hall–Kier alpha value is -1.89. The number of sulfone groups is 1. The maximum Gasteiger partial charge on any atom is 0.267 e. The number of ether oxygens (including phenoxy) is 1. The summed E-state index contributed by atoms with van der Waals surface area (Å²) in [7, 11) is -2.96. The van der Waals surface area contributed by atoms with Crippen LogP contribution in [0.25, 0.3) is 0 Å². The molecular weight excluding hydrogens is 316 g/mol. The van der Waals surface area contributed by atoms with Gasteiger partial charge in [-0.15, -0.1) is 0 Å². The minimum Gasteiger partial charge on any atom is -0.480 e. The van der Waals surface area contributed by atoms with Crippen LogP contribution in [0, 0.1) is 6.92 Å². The molecule has 0 spiro atoms. The lowest BCUT2D eigenvalue weighted by molar-refractivity contribution is 0.135. The maximum atomic E-state index is 11.6. The Morgan fingerprint density at radius 2 is 2.13 bits per heavy atom. The fourth-order valence-corrected chi connectivity index (χ4v) is 4.97. The molecule has 0 amide bonds. The molecule has 6 nitrogen and oxygen atoms in total. The van der Waals surface area contributed by atoms with E-state index in [0.29, 0.717) is 18.1 Å². The number of hydrogen-bond acceptors (Lipinski definition) is 6. The highest BCUT2D eigenvalue weighted by Gasteiger charge is 2.34. The van der Waals surface area contributed by atoms with Crippen LogP contribution in [0.2, 0.25) is 0 Å². The van der Waals surface area contributed by atoms with Gasteiger partial charge in [-0.1, -0.05) is 22.9 Å². The molecule has 1 fully saturated rings. The third kappa shape index (κ3) is 2.85. The first-order valence-electron chi connectivity index (χ1n) is 7.80. The molecular formula is C16H18N2O4S. The molecule has 1 aromatic heterocycles. The first-order chi connectivity index (χ1) is 11.0. The summed E-state index contributed by atoms with van der Waals surface area (Å²) in [6.45, 7) is 2.06. The summed E-state index contributed by atoms with van der Waals surface area (Å²) in [4.78, 5) is 4.40. The fraction of sp³-hybridized carbons (Fsp3) is 0.500. The van der Waals surface area contributed by atoms with Crippen molar-refractivity contribution in [1.82, 2.24) is 10.1 Å². The summed E-state index contributed by atoms with van der Waals surface area (Å²) in [5, 5.41) is 3.98. The first-order valence-corrected chi connectivity index (χ1v) is 9.62. The minimum atomic E-state index is -2.96. The van der Waals surface area contributed by atoms with Gasteiger partial charge in [-0.05, 0) is 37.8 Å². The van der Waals surface area contributed by atoms with Crippen molar-refractivity contribution in [3.63, 3.8) is 0 Å². The molecule has 0 bridgehead atoms. The van der Waals surface area contributed by atoms with E-state index in [1.807, 2.05) is 12.1 Å². The number of aryl methyl sites for hydroxylation is 2. The van der Waals surface area contributed by atoms with Crippen molar-refractivity contribution < 1.29 is 17.7 Å². The monoisotopic (exact) mass is 334 g/mol. The van der Waals surface area contributed by atoms with Gasteiger partial charge >= 0.3 is 0 Å². The smallest absolute Gasteiger partial charge is 0.267 e. The van der Waals surface area contributed by atoms with Gasteiger partial charge in [0, 0.05) is 5.92 Å². The normalized spacial score (nSPS) is 25.8. The zero-order valence-electron chi connectivity index (χ0n) is 12.9. The minimum absolute atomic E-state index is 0.111. The van der Waals surface area contributed by atoms with E-state index in [-0.39, 0.29) is 23.5 Å². The van der Waals surface area contributed by atoms with E-state index in [1.54, 1.807) is 0 Å². The van der Waals surface area contributed by atoms with E-state index in [4.69, 9.17) is 9.26 Å². The molecule has 23 heavy (non-hydrogen) atoms. The summed E-state index contributed by atoms with van der Waals surface area (Å²) in [6.07, 6.45) is 1.98. The zero-order valence-corrected chi connectivity index (χ0v) is 13.7. The molecule has 2 aliphatic rings. The molecule has 0 aliphatic carbocycles. The molecule has 4 rings (SSSR count). The molecule has 0 radical (unpaired) electrons. The van der Waals surface area contributed by atoms with Crippen LogP contribution in [-0.2, 0) is 16.3 Å². The topological polar surface area (TPSA) is 82.3 Å². The summed E-state index contributed by atoms with van der Waals surface area (Å²) < 4.78 is 34.5. The van der Waals surface area contributed by atoms with Crippen molar-refractivity contribution in [3.8, 4) is 5.75 Å². The number of benzene rings is 1.